The zero-order valence-electron chi connectivity index (χ0n) is 9.93. The smallest absolute Gasteiger partial charge is 0.246 e. The topological polar surface area (TPSA) is 40.5 Å². The lowest BCUT2D eigenvalue weighted by atomic mass is 10.1. The first-order valence-corrected chi connectivity index (χ1v) is 6.74. The highest BCUT2D eigenvalue weighted by atomic mass is 32.1. The summed E-state index contributed by atoms with van der Waals surface area (Å²) in [6.45, 7) is 3.25. The molecular weight excluding hydrogens is 234 g/mol. The molecule has 1 unspecified atom stereocenters. The summed E-state index contributed by atoms with van der Waals surface area (Å²) in [6, 6.07) is 2.04. The Morgan fingerprint density at radius 1 is 1.65 bits per heavy atom. The molecule has 1 aromatic rings. The highest BCUT2D eigenvalue weighted by molar-refractivity contribution is 7.11. The number of piperidine rings is 1. The number of nitrogens with zero attached hydrogens (tertiary/aromatic N) is 1. The molecule has 1 aliphatic rings. The monoisotopic (exact) mass is 251 g/mol. The number of aryl methyl sites for hydroxylation is 1. The number of thiophene rings is 1. The minimum Gasteiger partial charge on any atom is -0.391 e. The fourth-order valence-electron chi connectivity index (χ4n) is 1.96. The second-order valence-electron chi connectivity index (χ2n) is 4.38. The fourth-order valence-corrected chi connectivity index (χ4v) is 2.78. The van der Waals surface area contributed by atoms with Crippen molar-refractivity contribution >= 4 is 23.3 Å². The minimum absolute atomic E-state index is 0.00319. The first kappa shape index (κ1) is 12.3. The van der Waals surface area contributed by atoms with Crippen molar-refractivity contribution < 1.29 is 9.90 Å². The number of carbonyl (C=O) groups excluding carboxylic acids is 1. The molecule has 1 fully saturated rings. The lowest BCUT2D eigenvalue weighted by molar-refractivity contribution is -0.128. The Bertz CT molecular complexity index is 425. The lowest BCUT2D eigenvalue weighted by Crippen LogP contribution is -2.41. The number of β-amino-alcohol motifs (C(OH)–C–C–N with tert-alkyl or cyclic N) is 1. The molecule has 17 heavy (non-hydrogen) atoms. The van der Waals surface area contributed by atoms with Gasteiger partial charge in [-0.15, -0.1) is 11.3 Å². The number of amides is 1. The largest absolute Gasteiger partial charge is 0.391 e. The Kier molecular flexibility index (Phi) is 3.97. The molecule has 0 aromatic carbocycles. The highest BCUT2D eigenvalue weighted by Crippen LogP contribution is 2.17. The van der Waals surface area contributed by atoms with E-state index in [4.69, 9.17) is 0 Å². The molecule has 0 bridgehead atoms. The van der Waals surface area contributed by atoms with Crippen molar-refractivity contribution in [3.8, 4) is 0 Å². The molecule has 0 aliphatic carbocycles. The Balaban J connectivity index is 1.97. The first-order chi connectivity index (χ1) is 8.16. The third kappa shape index (κ3) is 3.17. The van der Waals surface area contributed by atoms with Crippen LogP contribution in [0.5, 0.6) is 0 Å². The van der Waals surface area contributed by atoms with Gasteiger partial charge in [-0.2, -0.15) is 0 Å². The highest BCUT2D eigenvalue weighted by Gasteiger charge is 2.20. The van der Waals surface area contributed by atoms with Crippen molar-refractivity contribution in [2.24, 2.45) is 0 Å². The van der Waals surface area contributed by atoms with E-state index in [1.807, 2.05) is 24.4 Å². The van der Waals surface area contributed by atoms with Gasteiger partial charge < -0.3 is 10.0 Å². The lowest BCUT2D eigenvalue weighted by Gasteiger charge is -2.29. The molecule has 0 saturated carbocycles. The Morgan fingerprint density at radius 2 is 2.47 bits per heavy atom. The zero-order valence-corrected chi connectivity index (χ0v) is 10.7. The fraction of sp³-hybridized carbons (Fsp3) is 0.462. The molecule has 2 rings (SSSR count). The van der Waals surface area contributed by atoms with Gasteiger partial charge in [-0.25, -0.2) is 0 Å². The van der Waals surface area contributed by atoms with Crippen LogP contribution in [0, 0.1) is 6.92 Å². The van der Waals surface area contributed by atoms with E-state index < -0.39 is 0 Å². The van der Waals surface area contributed by atoms with Gasteiger partial charge in [0.15, 0.2) is 0 Å². The van der Waals surface area contributed by atoms with E-state index in [2.05, 4.69) is 0 Å². The van der Waals surface area contributed by atoms with Gasteiger partial charge in [0.05, 0.1) is 6.10 Å². The normalized spacial score (nSPS) is 21.1. The van der Waals surface area contributed by atoms with Crippen LogP contribution in [0.25, 0.3) is 6.08 Å². The summed E-state index contributed by atoms with van der Waals surface area (Å²) in [4.78, 5) is 14.7. The van der Waals surface area contributed by atoms with Crippen LogP contribution in [0.4, 0.5) is 0 Å². The molecule has 1 amide bonds. The quantitative estimate of drug-likeness (QED) is 0.817. The number of rotatable bonds is 2. The van der Waals surface area contributed by atoms with Gasteiger partial charge in [0.2, 0.25) is 5.91 Å². The van der Waals surface area contributed by atoms with Gasteiger partial charge in [0.1, 0.15) is 0 Å². The van der Waals surface area contributed by atoms with E-state index in [1.165, 1.54) is 5.56 Å². The van der Waals surface area contributed by atoms with E-state index in [9.17, 15) is 9.90 Å². The zero-order chi connectivity index (χ0) is 12.3. The molecule has 1 N–H and O–H groups in total. The summed E-state index contributed by atoms with van der Waals surface area (Å²) in [5, 5.41) is 11.5. The van der Waals surface area contributed by atoms with Crippen LogP contribution >= 0.6 is 11.3 Å². The molecule has 3 nitrogen and oxygen atoms in total. The number of hydrogen-bond acceptors (Lipinski definition) is 3. The van der Waals surface area contributed by atoms with E-state index in [1.54, 1.807) is 22.3 Å². The van der Waals surface area contributed by atoms with Crippen LogP contribution in [0.15, 0.2) is 17.5 Å². The third-order valence-electron chi connectivity index (χ3n) is 2.99. The second kappa shape index (κ2) is 5.47. The molecule has 1 aliphatic heterocycles. The molecule has 4 heteroatoms. The molecule has 1 aromatic heterocycles. The molecule has 1 saturated heterocycles. The molecule has 92 valence electrons. The van der Waals surface area contributed by atoms with Gasteiger partial charge in [0, 0.05) is 24.0 Å². The number of aliphatic hydroxyl groups is 1. The number of hydrogen-bond donors (Lipinski definition) is 1. The Morgan fingerprint density at radius 3 is 3.12 bits per heavy atom. The predicted molar refractivity (Wildman–Crippen MR) is 69.9 cm³/mol. The van der Waals surface area contributed by atoms with Crippen LogP contribution in [-0.2, 0) is 4.79 Å². The van der Waals surface area contributed by atoms with Crippen molar-refractivity contribution in [3.05, 3.63) is 28.0 Å². The summed E-state index contributed by atoms with van der Waals surface area (Å²) in [7, 11) is 0. The molecular formula is C13H17NO2S. The third-order valence-corrected chi connectivity index (χ3v) is 3.97. The number of aliphatic hydroxyl groups excluding tert-OH is 1. The summed E-state index contributed by atoms with van der Waals surface area (Å²) >= 11 is 1.63. The molecule has 0 spiro atoms. The average Bonchev–Trinajstić information content (AvgIpc) is 2.72. The van der Waals surface area contributed by atoms with Crippen molar-refractivity contribution in [2.45, 2.75) is 25.9 Å². The van der Waals surface area contributed by atoms with Crippen LogP contribution in [0.3, 0.4) is 0 Å². The maximum absolute atomic E-state index is 11.9. The van der Waals surface area contributed by atoms with Gasteiger partial charge in [0.25, 0.3) is 0 Å². The molecule has 2 heterocycles. The summed E-state index contributed by atoms with van der Waals surface area (Å²) in [6.07, 6.45) is 4.81. The Hall–Kier alpha value is -1.13. The molecule has 1 atom stereocenters. The van der Waals surface area contributed by atoms with Crippen molar-refractivity contribution in [1.82, 2.24) is 4.90 Å². The maximum Gasteiger partial charge on any atom is 0.246 e. The molecule has 0 radical (unpaired) electrons. The van der Waals surface area contributed by atoms with Crippen LogP contribution in [-0.4, -0.2) is 35.1 Å². The van der Waals surface area contributed by atoms with Gasteiger partial charge in [-0.1, -0.05) is 0 Å². The van der Waals surface area contributed by atoms with Crippen molar-refractivity contribution in [3.63, 3.8) is 0 Å². The maximum atomic E-state index is 11.9. The SMILES string of the molecule is Cc1ccsc1/C=C/C(=O)N1CCCC(O)C1. The van der Waals surface area contributed by atoms with Crippen molar-refractivity contribution in [2.75, 3.05) is 13.1 Å². The van der Waals surface area contributed by atoms with E-state index in [0.29, 0.717) is 6.54 Å². The van der Waals surface area contributed by atoms with Crippen LogP contribution in [0.2, 0.25) is 0 Å². The summed E-state index contributed by atoms with van der Waals surface area (Å²) in [5.41, 5.74) is 1.19. The number of likely N-dealkylation sites (tertiary alicyclic amines) is 1. The standard InChI is InChI=1S/C13H17NO2S/c1-10-6-8-17-12(10)4-5-13(16)14-7-2-3-11(15)9-14/h4-6,8,11,15H,2-3,7,9H2,1H3/b5-4+. The van der Waals surface area contributed by atoms with Crippen LogP contribution < -0.4 is 0 Å². The van der Waals surface area contributed by atoms with E-state index >= 15 is 0 Å². The average molecular weight is 251 g/mol. The van der Waals surface area contributed by atoms with Crippen LogP contribution in [0.1, 0.15) is 23.3 Å². The van der Waals surface area contributed by atoms with Gasteiger partial charge >= 0.3 is 0 Å². The minimum atomic E-state index is -0.357. The summed E-state index contributed by atoms with van der Waals surface area (Å²) in [5.74, 6) is -0.00319. The van der Waals surface area contributed by atoms with E-state index in [-0.39, 0.29) is 12.0 Å². The van der Waals surface area contributed by atoms with Gasteiger partial charge in [-0.05, 0) is 42.9 Å². The Labute approximate surface area is 105 Å². The van der Waals surface area contributed by atoms with E-state index in [0.717, 1.165) is 24.3 Å². The predicted octanol–water partition coefficient (Wildman–Crippen LogP) is 2.05. The van der Waals surface area contributed by atoms with Gasteiger partial charge in [-0.3, -0.25) is 4.79 Å². The second-order valence-corrected chi connectivity index (χ2v) is 5.33. The van der Waals surface area contributed by atoms with Crippen molar-refractivity contribution in [1.29, 1.82) is 0 Å². The summed E-state index contributed by atoms with van der Waals surface area (Å²) < 4.78 is 0. The first-order valence-electron chi connectivity index (χ1n) is 5.86. The number of carbonyl (C=O) groups is 1.